The molecule has 1 aromatic heterocycles. The number of sulfonamides is 1. The first kappa shape index (κ1) is 16.9. The van der Waals surface area contributed by atoms with Crippen molar-refractivity contribution in [1.82, 2.24) is 14.7 Å². The van der Waals surface area contributed by atoms with Crippen LogP contribution in [-0.2, 0) is 10.0 Å². The molecule has 24 heavy (non-hydrogen) atoms. The number of hydrogen-bond acceptors (Lipinski definition) is 5. The van der Waals surface area contributed by atoms with Gasteiger partial charge in [-0.1, -0.05) is 12.1 Å². The number of nitrogens with one attached hydrogen (secondary N) is 1. The number of nitrogens with zero attached hydrogens (tertiary/aromatic N) is 3. The highest BCUT2D eigenvalue weighted by molar-refractivity contribution is 7.89. The molecule has 6 nitrogen and oxygen atoms in total. The van der Waals surface area contributed by atoms with Gasteiger partial charge in [-0.3, -0.25) is 0 Å². The standard InChI is InChI=1S/C17H22N4O2S/c1-13-4-5-14(2)16(12-13)24(22,23)20-15-6-10-21(11-7-15)17-18-8-3-9-19-17/h3-5,8-9,12,15,20H,6-7,10-11H2,1-2H3. The fourth-order valence-electron chi connectivity index (χ4n) is 2.93. The Morgan fingerprint density at radius 3 is 2.46 bits per heavy atom. The Balaban J connectivity index is 1.66. The molecular weight excluding hydrogens is 324 g/mol. The average molecular weight is 346 g/mol. The van der Waals surface area contributed by atoms with Gasteiger partial charge in [-0.05, 0) is 49.9 Å². The maximum absolute atomic E-state index is 12.7. The van der Waals surface area contributed by atoms with Gasteiger partial charge >= 0.3 is 0 Å². The normalized spacial score (nSPS) is 16.3. The molecule has 1 aromatic carbocycles. The minimum absolute atomic E-state index is 0.0603. The zero-order valence-corrected chi connectivity index (χ0v) is 14.8. The van der Waals surface area contributed by atoms with E-state index in [0.29, 0.717) is 10.8 Å². The summed E-state index contributed by atoms with van der Waals surface area (Å²) >= 11 is 0. The van der Waals surface area contributed by atoms with Crippen molar-refractivity contribution in [3.63, 3.8) is 0 Å². The Labute approximate surface area is 143 Å². The Morgan fingerprint density at radius 1 is 1.12 bits per heavy atom. The summed E-state index contributed by atoms with van der Waals surface area (Å²) < 4.78 is 28.2. The Morgan fingerprint density at radius 2 is 1.79 bits per heavy atom. The summed E-state index contributed by atoms with van der Waals surface area (Å²) in [7, 11) is -3.49. The van der Waals surface area contributed by atoms with Crippen LogP contribution in [0.2, 0.25) is 0 Å². The van der Waals surface area contributed by atoms with Crippen molar-refractivity contribution < 1.29 is 8.42 Å². The van der Waals surface area contributed by atoms with E-state index in [1.807, 2.05) is 26.0 Å². The molecule has 0 unspecified atom stereocenters. The SMILES string of the molecule is Cc1ccc(C)c(S(=O)(=O)NC2CCN(c3ncccn3)CC2)c1. The third-order valence-corrected chi connectivity index (χ3v) is 5.95. The number of rotatable bonds is 4. The van der Waals surface area contributed by atoms with E-state index in [1.165, 1.54) is 0 Å². The van der Waals surface area contributed by atoms with Gasteiger partial charge in [0.05, 0.1) is 4.90 Å². The lowest BCUT2D eigenvalue weighted by atomic mass is 10.1. The fourth-order valence-corrected chi connectivity index (χ4v) is 4.57. The van der Waals surface area contributed by atoms with Crippen molar-refractivity contribution in [2.24, 2.45) is 0 Å². The van der Waals surface area contributed by atoms with Crippen molar-refractivity contribution in [2.75, 3.05) is 18.0 Å². The molecule has 0 aliphatic carbocycles. The number of anilines is 1. The molecule has 128 valence electrons. The number of benzene rings is 1. The predicted octanol–water partition coefficient (Wildman–Crippen LogP) is 2.04. The molecule has 7 heteroatoms. The number of aromatic nitrogens is 2. The first-order valence-electron chi connectivity index (χ1n) is 8.07. The highest BCUT2D eigenvalue weighted by Crippen LogP contribution is 2.20. The summed E-state index contributed by atoms with van der Waals surface area (Å²) in [5.74, 6) is 0.702. The highest BCUT2D eigenvalue weighted by atomic mass is 32.2. The quantitative estimate of drug-likeness (QED) is 0.917. The van der Waals surface area contributed by atoms with Crippen molar-refractivity contribution in [2.45, 2.75) is 37.6 Å². The van der Waals surface area contributed by atoms with Crippen molar-refractivity contribution >= 4 is 16.0 Å². The van der Waals surface area contributed by atoms with Crippen molar-refractivity contribution in [3.05, 3.63) is 47.8 Å². The van der Waals surface area contributed by atoms with Crippen LogP contribution in [0.4, 0.5) is 5.95 Å². The molecular formula is C17H22N4O2S. The molecule has 2 heterocycles. The second-order valence-electron chi connectivity index (χ2n) is 6.20. The van der Waals surface area contributed by atoms with Crippen LogP contribution in [0, 0.1) is 13.8 Å². The molecule has 0 atom stereocenters. The zero-order chi connectivity index (χ0) is 17.2. The Hall–Kier alpha value is -1.99. The molecule has 1 saturated heterocycles. The van der Waals surface area contributed by atoms with Crippen LogP contribution in [0.15, 0.2) is 41.6 Å². The third-order valence-electron chi connectivity index (χ3n) is 4.28. The molecule has 0 saturated carbocycles. The topological polar surface area (TPSA) is 75.2 Å². The highest BCUT2D eigenvalue weighted by Gasteiger charge is 2.26. The smallest absolute Gasteiger partial charge is 0.241 e. The summed E-state index contributed by atoms with van der Waals surface area (Å²) in [5, 5.41) is 0. The van der Waals surface area contributed by atoms with E-state index >= 15 is 0 Å². The second-order valence-corrected chi connectivity index (χ2v) is 7.88. The molecule has 1 aliphatic rings. The minimum atomic E-state index is -3.49. The van der Waals surface area contributed by atoms with E-state index in [-0.39, 0.29) is 6.04 Å². The number of aryl methyl sites for hydroxylation is 2. The minimum Gasteiger partial charge on any atom is -0.341 e. The first-order valence-corrected chi connectivity index (χ1v) is 9.55. The lowest BCUT2D eigenvalue weighted by molar-refractivity contribution is 0.456. The van der Waals surface area contributed by atoms with Crippen LogP contribution in [0.3, 0.4) is 0 Å². The first-order chi connectivity index (χ1) is 11.5. The summed E-state index contributed by atoms with van der Waals surface area (Å²) in [4.78, 5) is 11.0. The summed E-state index contributed by atoms with van der Waals surface area (Å²) in [6.45, 7) is 5.20. The molecule has 0 bridgehead atoms. The maximum Gasteiger partial charge on any atom is 0.241 e. The van der Waals surface area contributed by atoms with Gasteiger partial charge in [0.2, 0.25) is 16.0 Å². The molecule has 2 aromatic rings. The molecule has 1 fully saturated rings. The molecule has 0 radical (unpaired) electrons. The van der Waals surface area contributed by atoms with Gasteiger partial charge in [0, 0.05) is 31.5 Å². The average Bonchev–Trinajstić information content (AvgIpc) is 2.58. The van der Waals surface area contributed by atoms with Gasteiger partial charge in [-0.15, -0.1) is 0 Å². The lowest BCUT2D eigenvalue weighted by Gasteiger charge is -2.32. The zero-order valence-electron chi connectivity index (χ0n) is 13.9. The Kier molecular flexibility index (Phi) is 4.82. The van der Waals surface area contributed by atoms with Gasteiger partial charge in [-0.2, -0.15) is 0 Å². The van der Waals surface area contributed by atoms with E-state index in [0.717, 1.165) is 37.1 Å². The van der Waals surface area contributed by atoms with Crippen LogP contribution < -0.4 is 9.62 Å². The fraction of sp³-hybridized carbons (Fsp3) is 0.412. The largest absolute Gasteiger partial charge is 0.341 e. The summed E-state index contributed by atoms with van der Waals surface area (Å²) in [6, 6.07) is 7.22. The lowest BCUT2D eigenvalue weighted by Crippen LogP contribution is -2.45. The van der Waals surface area contributed by atoms with E-state index < -0.39 is 10.0 Å². The third kappa shape index (κ3) is 3.73. The van der Waals surface area contributed by atoms with Gasteiger partial charge in [0.25, 0.3) is 0 Å². The number of hydrogen-bond donors (Lipinski definition) is 1. The van der Waals surface area contributed by atoms with Gasteiger partial charge in [0.1, 0.15) is 0 Å². The maximum atomic E-state index is 12.7. The van der Waals surface area contributed by atoms with Crippen LogP contribution in [0.1, 0.15) is 24.0 Å². The van der Waals surface area contributed by atoms with Crippen molar-refractivity contribution in [3.8, 4) is 0 Å². The van der Waals surface area contributed by atoms with Crippen LogP contribution in [0.5, 0.6) is 0 Å². The molecule has 3 rings (SSSR count). The van der Waals surface area contributed by atoms with Gasteiger partial charge < -0.3 is 4.90 Å². The molecule has 0 amide bonds. The monoisotopic (exact) mass is 346 g/mol. The summed E-state index contributed by atoms with van der Waals surface area (Å²) in [6.07, 6.45) is 4.92. The van der Waals surface area contributed by atoms with Crippen LogP contribution >= 0.6 is 0 Å². The Bertz CT molecular complexity index is 801. The van der Waals surface area contributed by atoms with E-state index in [9.17, 15) is 8.42 Å². The predicted molar refractivity (Wildman–Crippen MR) is 93.5 cm³/mol. The van der Waals surface area contributed by atoms with Crippen LogP contribution in [0.25, 0.3) is 0 Å². The van der Waals surface area contributed by atoms with E-state index in [4.69, 9.17) is 0 Å². The molecule has 1 aliphatic heterocycles. The van der Waals surface area contributed by atoms with Gasteiger partial charge in [-0.25, -0.2) is 23.1 Å². The van der Waals surface area contributed by atoms with Crippen LogP contribution in [-0.4, -0.2) is 37.5 Å². The molecule has 0 spiro atoms. The van der Waals surface area contributed by atoms with Gasteiger partial charge in [0.15, 0.2) is 0 Å². The van der Waals surface area contributed by atoms with E-state index in [2.05, 4.69) is 19.6 Å². The van der Waals surface area contributed by atoms with Crippen molar-refractivity contribution in [1.29, 1.82) is 0 Å². The van der Waals surface area contributed by atoms with E-state index in [1.54, 1.807) is 24.5 Å². The second kappa shape index (κ2) is 6.86. The molecule has 1 N–H and O–H groups in total. The summed E-state index contributed by atoms with van der Waals surface area (Å²) in [5.41, 5.74) is 1.71. The number of piperidine rings is 1.